The zero-order valence-corrected chi connectivity index (χ0v) is 13.8. The molecule has 2 aromatic rings. The van der Waals surface area contributed by atoms with Crippen LogP contribution in [0.15, 0.2) is 18.2 Å². The van der Waals surface area contributed by atoms with Crippen LogP contribution < -0.4 is 10.1 Å². The maximum absolute atomic E-state index is 11.4. The molecule has 7 heteroatoms. The van der Waals surface area contributed by atoms with Crippen LogP contribution in [0.4, 0.5) is 5.69 Å². The number of aromatic nitrogens is 3. The standard InChI is InChI=1S/C17H21N5O2/c1-12-19-20-16-11-21(6-7-22(12)16)8-9-24-14-3-4-15-13(10-14)2-5-17(23)18-15/h3-4,10H,2,5-9,11H2,1H3,(H,18,23). The molecule has 3 heterocycles. The van der Waals surface area contributed by atoms with Gasteiger partial charge < -0.3 is 14.6 Å². The predicted octanol–water partition coefficient (Wildman–Crippen LogP) is 1.37. The molecule has 0 fully saturated rings. The Balaban J connectivity index is 1.31. The minimum Gasteiger partial charge on any atom is -0.492 e. The highest BCUT2D eigenvalue weighted by Gasteiger charge is 2.19. The highest BCUT2D eigenvalue weighted by atomic mass is 16.5. The zero-order valence-electron chi connectivity index (χ0n) is 13.8. The van der Waals surface area contributed by atoms with E-state index in [0.717, 1.165) is 61.2 Å². The number of nitrogens with one attached hydrogen (secondary N) is 1. The van der Waals surface area contributed by atoms with E-state index >= 15 is 0 Å². The molecule has 0 saturated carbocycles. The molecular weight excluding hydrogens is 306 g/mol. The number of hydrogen-bond donors (Lipinski definition) is 1. The van der Waals surface area contributed by atoms with E-state index in [1.807, 2.05) is 25.1 Å². The van der Waals surface area contributed by atoms with Gasteiger partial charge in [-0.3, -0.25) is 9.69 Å². The van der Waals surface area contributed by atoms with E-state index in [1.54, 1.807) is 0 Å². The van der Waals surface area contributed by atoms with Crippen LogP contribution in [0.2, 0.25) is 0 Å². The molecule has 0 spiro atoms. The maximum Gasteiger partial charge on any atom is 0.224 e. The number of carbonyl (C=O) groups is 1. The summed E-state index contributed by atoms with van der Waals surface area (Å²) in [7, 11) is 0. The van der Waals surface area contributed by atoms with E-state index in [-0.39, 0.29) is 5.91 Å². The van der Waals surface area contributed by atoms with Crippen molar-refractivity contribution in [3.05, 3.63) is 35.4 Å². The largest absolute Gasteiger partial charge is 0.492 e. The van der Waals surface area contributed by atoms with Crippen molar-refractivity contribution in [1.82, 2.24) is 19.7 Å². The molecule has 2 aliphatic heterocycles. The van der Waals surface area contributed by atoms with Crippen molar-refractivity contribution in [3.63, 3.8) is 0 Å². The SMILES string of the molecule is Cc1nnc2n1CCN(CCOc1ccc3c(c1)CCC(=O)N3)C2. The number of rotatable bonds is 4. The van der Waals surface area contributed by atoms with Gasteiger partial charge in [0.1, 0.15) is 24.0 Å². The predicted molar refractivity (Wildman–Crippen MR) is 88.9 cm³/mol. The second-order valence-corrected chi connectivity index (χ2v) is 6.31. The Labute approximate surface area is 140 Å². The van der Waals surface area contributed by atoms with Gasteiger partial charge >= 0.3 is 0 Å². The van der Waals surface area contributed by atoms with Gasteiger partial charge in [-0.25, -0.2) is 0 Å². The lowest BCUT2D eigenvalue weighted by atomic mass is 10.0. The molecule has 126 valence electrons. The first-order valence-electron chi connectivity index (χ1n) is 8.35. The van der Waals surface area contributed by atoms with Gasteiger partial charge in [-0.2, -0.15) is 0 Å². The molecule has 1 N–H and O–H groups in total. The first-order valence-corrected chi connectivity index (χ1v) is 8.35. The summed E-state index contributed by atoms with van der Waals surface area (Å²) in [6.45, 7) is 6.24. The summed E-state index contributed by atoms with van der Waals surface area (Å²) in [5.41, 5.74) is 2.05. The van der Waals surface area contributed by atoms with E-state index in [0.29, 0.717) is 13.0 Å². The first kappa shape index (κ1) is 15.1. The van der Waals surface area contributed by atoms with Crippen molar-refractivity contribution >= 4 is 11.6 Å². The fraction of sp³-hybridized carbons (Fsp3) is 0.471. The number of anilines is 1. The average Bonchev–Trinajstić information content (AvgIpc) is 2.96. The number of carbonyl (C=O) groups excluding carboxylic acids is 1. The molecule has 1 aromatic carbocycles. The van der Waals surface area contributed by atoms with Gasteiger partial charge in [0.25, 0.3) is 0 Å². The van der Waals surface area contributed by atoms with Crippen molar-refractivity contribution in [2.24, 2.45) is 0 Å². The smallest absolute Gasteiger partial charge is 0.224 e. The summed E-state index contributed by atoms with van der Waals surface area (Å²) in [6, 6.07) is 5.87. The molecule has 0 radical (unpaired) electrons. The summed E-state index contributed by atoms with van der Waals surface area (Å²) in [5.74, 6) is 2.97. The van der Waals surface area contributed by atoms with Crippen LogP contribution >= 0.6 is 0 Å². The van der Waals surface area contributed by atoms with Crippen LogP contribution in [-0.4, -0.2) is 45.3 Å². The molecule has 7 nitrogen and oxygen atoms in total. The van der Waals surface area contributed by atoms with Crippen LogP contribution in [0.3, 0.4) is 0 Å². The maximum atomic E-state index is 11.4. The lowest BCUT2D eigenvalue weighted by Gasteiger charge is -2.27. The Bertz CT molecular complexity index is 770. The normalized spacial score (nSPS) is 17.1. The molecule has 4 rings (SSSR count). The monoisotopic (exact) mass is 327 g/mol. The summed E-state index contributed by atoms with van der Waals surface area (Å²) < 4.78 is 8.07. The molecule has 2 aliphatic rings. The summed E-state index contributed by atoms with van der Waals surface area (Å²) in [6.07, 6.45) is 1.32. The van der Waals surface area contributed by atoms with Crippen molar-refractivity contribution < 1.29 is 9.53 Å². The fourth-order valence-corrected chi connectivity index (χ4v) is 3.29. The van der Waals surface area contributed by atoms with Crippen LogP contribution in [0.5, 0.6) is 5.75 Å². The van der Waals surface area contributed by atoms with Gasteiger partial charge in [-0.15, -0.1) is 10.2 Å². The molecule has 1 aromatic heterocycles. The number of fused-ring (bicyclic) bond motifs is 2. The molecule has 24 heavy (non-hydrogen) atoms. The van der Waals surface area contributed by atoms with Crippen LogP contribution in [0.25, 0.3) is 0 Å². The van der Waals surface area contributed by atoms with Crippen LogP contribution in [0.1, 0.15) is 23.6 Å². The van der Waals surface area contributed by atoms with Crippen molar-refractivity contribution in [1.29, 1.82) is 0 Å². The topological polar surface area (TPSA) is 72.3 Å². The number of benzene rings is 1. The minimum atomic E-state index is 0.0874. The third kappa shape index (κ3) is 2.99. The van der Waals surface area contributed by atoms with Crippen molar-refractivity contribution in [2.75, 3.05) is 25.0 Å². The molecule has 0 atom stereocenters. The molecule has 0 aliphatic carbocycles. The van der Waals surface area contributed by atoms with Gasteiger partial charge in [-0.05, 0) is 37.1 Å². The van der Waals surface area contributed by atoms with Crippen LogP contribution in [-0.2, 0) is 24.3 Å². The van der Waals surface area contributed by atoms with Crippen molar-refractivity contribution in [2.45, 2.75) is 32.9 Å². The fourth-order valence-electron chi connectivity index (χ4n) is 3.29. The third-order valence-electron chi connectivity index (χ3n) is 4.67. The lowest BCUT2D eigenvalue weighted by molar-refractivity contribution is -0.116. The molecule has 0 saturated heterocycles. The number of ether oxygens (including phenoxy) is 1. The highest BCUT2D eigenvalue weighted by Crippen LogP contribution is 2.26. The van der Waals surface area contributed by atoms with Gasteiger partial charge in [-0.1, -0.05) is 0 Å². The number of hydrogen-bond acceptors (Lipinski definition) is 5. The Kier molecular flexibility index (Phi) is 3.93. The van der Waals surface area contributed by atoms with Gasteiger partial charge in [0.2, 0.25) is 5.91 Å². The van der Waals surface area contributed by atoms with Gasteiger partial charge in [0.15, 0.2) is 0 Å². The quantitative estimate of drug-likeness (QED) is 0.918. The minimum absolute atomic E-state index is 0.0874. The molecule has 1 amide bonds. The van der Waals surface area contributed by atoms with E-state index in [4.69, 9.17) is 4.74 Å². The summed E-state index contributed by atoms with van der Waals surface area (Å²) in [5, 5.41) is 11.2. The van der Waals surface area contributed by atoms with E-state index < -0.39 is 0 Å². The Morgan fingerprint density at radius 1 is 1.25 bits per heavy atom. The van der Waals surface area contributed by atoms with E-state index in [2.05, 4.69) is 25.0 Å². The molecule has 0 unspecified atom stereocenters. The van der Waals surface area contributed by atoms with E-state index in [9.17, 15) is 4.79 Å². The van der Waals surface area contributed by atoms with E-state index in [1.165, 1.54) is 0 Å². The van der Waals surface area contributed by atoms with Crippen molar-refractivity contribution in [3.8, 4) is 5.75 Å². The first-order chi connectivity index (χ1) is 11.7. The van der Waals surface area contributed by atoms with Crippen LogP contribution in [0, 0.1) is 6.92 Å². The second kappa shape index (κ2) is 6.24. The van der Waals surface area contributed by atoms with Gasteiger partial charge in [0.05, 0.1) is 6.54 Å². The third-order valence-corrected chi connectivity index (χ3v) is 4.67. The zero-order chi connectivity index (χ0) is 16.5. The second-order valence-electron chi connectivity index (χ2n) is 6.31. The highest BCUT2D eigenvalue weighted by molar-refractivity contribution is 5.93. The van der Waals surface area contributed by atoms with Gasteiger partial charge in [0, 0.05) is 31.7 Å². The number of aryl methyl sites for hydroxylation is 2. The Hall–Kier alpha value is -2.41. The average molecular weight is 327 g/mol. The molecule has 0 bridgehead atoms. The Morgan fingerprint density at radius 2 is 2.17 bits per heavy atom. The number of amides is 1. The molecular formula is C17H21N5O2. The Morgan fingerprint density at radius 3 is 3.08 bits per heavy atom. The summed E-state index contributed by atoms with van der Waals surface area (Å²) in [4.78, 5) is 13.7. The summed E-state index contributed by atoms with van der Waals surface area (Å²) >= 11 is 0. The number of nitrogens with zero attached hydrogens (tertiary/aromatic N) is 4. The lowest BCUT2D eigenvalue weighted by Crippen LogP contribution is -2.36.